The fourth-order valence-corrected chi connectivity index (χ4v) is 3.38. The second kappa shape index (κ2) is 10.3. The number of nitrogens with zero attached hydrogens (tertiary/aromatic N) is 1. The van der Waals surface area contributed by atoms with E-state index in [0.29, 0.717) is 17.2 Å². The standard InChI is InChI=1S/C21H26N2O7S/c1-14(2)30-18-11-6-15(12-19(18)28-5)21(25)29-13-20(24)22-16-7-9-17(10-8-16)31(26,27)23(3)4/h6-12,14H,13H2,1-5H3,(H,22,24). The van der Waals surface area contributed by atoms with Crippen LogP contribution in [0.3, 0.4) is 0 Å². The summed E-state index contributed by atoms with van der Waals surface area (Å²) < 4.78 is 41.1. The lowest BCUT2D eigenvalue weighted by Crippen LogP contribution is -2.22. The van der Waals surface area contributed by atoms with Crippen LogP contribution in [0.5, 0.6) is 11.5 Å². The summed E-state index contributed by atoms with van der Waals surface area (Å²) >= 11 is 0. The molecule has 0 radical (unpaired) electrons. The van der Waals surface area contributed by atoms with Crippen LogP contribution in [0.15, 0.2) is 47.4 Å². The Hall–Kier alpha value is -3.11. The molecule has 2 aromatic carbocycles. The first kappa shape index (κ1) is 24.2. The van der Waals surface area contributed by atoms with Gasteiger partial charge in [-0.15, -0.1) is 0 Å². The molecule has 168 valence electrons. The summed E-state index contributed by atoms with van der Waals surface area (Å²) in [5, 5.41) is 2.54. The number of benzene rings is 2. The van der Waals surface area contributed by atoms with Crippen molar-refractivity contribution in [2.45, 2.75) is 24.8 Å². The molecule has 0 saturated heterocycles. The van der Waals surface area contributed by atoms with Crippen LogP contribution < -0.4 is 14.8 Å². The zero-order chi connectivity index (χ0) is 23.2. The molecule has 0 heterocycles. The quantitative estimate of drug-likeness (QED) is 0.584. The number of carbonyl (C=O) groups excluding carboxylic acids is 2. The molecule has 0 atom stereocenters. The number of ether oxygens (including phenoxy) is 3. The number of anilines is 1. The average molecular weight is 451 g/mol. The summed E-state index contributed by atoms with van der Waals surface area (Å²) in [7, 11) is 0.761. The van der Waals surface area contributed by atoms with Gasteiger partial charge in [0.2, 0.25) is 10.0 Å². The minimum Gasteiger partial charge on any atom is -0.493 e. The van der Waals surface area contributed by atoms with Crippen LogP contribution in [0.25, 0.3) is 0 Å². The first-order chi connectivity index (χ1) is 14.5. The third-order valence-electron chi connectivity index (χ3n) is 4.01. The molecular formula is C21H26N2O7S. The van der Waals surface area contributed by atoms with Crippen LogP contribution >= 0.6 is 0 Å². The van der Waals surface area contributed by atoms with Gasteiger partial charge < -0.3 is 19.5 Å². The number of amides is 1. The minimum absolute atomic E-state index is 0.0625. The molecule has 9 nitrogen and oxygen atoms in total. The number of esters is 1. The molecule has 10 heteroatoms. The molecule has 1 N–H and O–H groups in total. The highest BCUT2D eigenvalue weighted by molar-refractivity contribution is 7.89. The number of hydrogen-bond donors (Lipinski definition) is 1. The van der Waals surface area contributed by atoms with Crippen LogP contribution in [0.1, 0.15) is 24.2 Å². The van der Waals surface area contributed by atoms with Gasteiger partial charge in [0, 0.05) is 19.8 Å². The Labute approximate surface area is 182 Å². The molecule has 2 aromatic rings. The Morgan fingerprint density at radius 1 is 1.03 bits per heavy atom. The van der Waals surface area contributed by atoms with Crippen molar-refractivity contribution in [3.05, 3.63) is 48.0 Å². The number of sulfonamides is 1. The molecule has 0 unspecified atom stereocenters. The van der Waals surface area contributed by atoms with Crippen LogP contribution in [0, 0.1) is 0 Å². The molecule has 0 aliphatic heterocycles. The van der Waals surface area contributed by atoms with Gasteiger partial charge >= 0.3 is 5.97 Å². The maximum Gasteiger partial charge on any atom is 0.338 e. The van der Waals surface area contributed by atoms with Crippen molar-refractivity contribution in [2.75, 3.05) is 33.1 Å². The van der Waals surface area contributed by atoms with Gasteiger partial charge in [-0.05, 0) is 56.3 Å². The maximum atomic E-state index is 12.3. The molecule has 0 aromatic heterocycles. The zero-order valence-corrected chi connectivity index (χ0v) is 18.9. The monoisotopic (exact) mass is 450 g/mol. The van der Waals surface area contributed by atoms with Crippen molar-refractivity contribution in [2.24, 2.45) is 0 Å². The van der Waals surface area contributed by atoms with Crippen molar-refractivity contribution >= 4 is 27.6 Å². The number of carbonyl (C=O) groups is 2. The normalized spacial score (nSPS) is 11.3. The smallest absolute Gasteiger partial charge is 0.338 e. The second-order valence-electron chi connectivity index (χ2n) is 6.97. The van der Waals surface area contributed by atoms with Crippen molar-refractivity contribution in [3.8, 4) is 11.5 Å². The molecule has 0 saturated carbocycles. The molecule has 2 rings (SSSR count). The number of hydrogen-bond acceptors (Lipinski definition) is 7. The Kier molecular flexibility index (Phi) is 8.01. The summed E-state index contributed by atoms with van der Waals surface area (Å²) in [5.74, 6) is -0.396. The number of nitrogens with one attached hydrogen (secondary N) is 1. The van der Waals surface area contributed by atoms with Gasteiger partial charge in [0.1, 0.15) is 0 Å². The van der Waals surface area contributed by atoms with Gasteiger partial charge in [-0.1, -0.05) is 0 Å². The Bertz CT molecular complexity index is 1030. The third-order valence-corrected chi connectivity index (χ3v) is 5.84. The zero-order valence-electron chi connectivity index (χ0n) is 18.0. The van der Waals surface area contributed by atoms with E-state index in [1.54, 1.807) is 6.07 Å². The molecule has 0 aliphatic carbocycles. The Morgan fingerprint density at radius 3 is 2.23 bits per heavy atom. The van der Waals surface area contributed by atoms with Crippen molar-refractivity contribution in [1.29, 1.82) is 0 Å². The molecular weight excluding hydrogens is 424 g/mol. The van der Waals surface area contributed by atoms with E-state index in [-0.39, 0.29) is 16.6 Å². The van der Waals surface area contributed by atoms with E-state index in [1.165, 1.54) is 57.6 Å². The van der Waals surface area contributed by atoms with Gasteiger partial charge in [-0.3, -0.25) is 4.79 Å². The fraction of sp³-hybridized carbons (Fsp3) is 0.333. The molecule has 31 heavy (non-hydrogen) atoms. The van der Waals surface area contributed by atoms with Gasteiger partial charge in [0.25, 0.3) is 5.91 Å². The van der Waals surface area contributed by atoms with E-state index in [0.717, 1.165) is 4.31 Å². The van der Waals surface area contributed by atoms with Crippen molar-refractivity contribution < 1.29 is 32.2 Å². The lowest BCUT2D eigenvalue weighted by atomic mass is 10.2. The highest BCUT2D eigenvalue weighted by atomic mass is 32.2. The van der Waals surface area contributed by atoms with E-state index in [9.17, 15) is 18.0 Å². The van der Waals surface area contributed by atoms with E-state index in [1.807, 2.05) is 13.8 Å². The van der Waals surface area contributed by atoms with E-state index in [4.69, 9.17) is 14.2 Å². The molecule has 0 fully saturated rings. The third kappa shape index (κ3) is 6.43. The number of methoxy groups -OCH3 is 1. The fourth-order valence-electron chi connectivity index (χ4n) is 2.48. The van der Waals surface area contributed by atoms with Gasteiger partial charge in [0.05, 0.1) is 23.7 Å². The highest BCUT2D eigenvalue weighted by Gasteiger charge is 2.17. The van der Waals surface area contributed by atoms with Crippen LogP contribution in [0.2, 0.25) is 0 Å². The van der Waals surface area contributed by atoms with E-state index < -0.39 is 28.5 Å². The largest absolute Gasteiger partial charge is 0.493 e. The molecule has 0 aliphatic rings. The predicted octanol–water partition coefficient (Wildman–Crippen LogP) is 2.53. The van der Waals surface area contributed by atoms with Gasteiger partial charge in [0.15, 0.2) is 18.1 Å². The van der Waals surface area contributed by atoms with E-state index in [2.05, 4.69) is 5.32 Å². The van der Waals surface area contributed by atoms with Crippen LogP contribution in [-0.2, 0) is 19.6 Å². The topological polar surface area (TPSA) is 111 Å². The predicted molar refractivity (Wildman–Crippen MR) is 115 cm³/mol. The summed E-state index contributed by atoms with van der Waals surface area (Å²) in [5.41, 5.74) is 0.578. The summed E-state index contributed by atoms with van der Waals surface area (Å²) in [6.45, 7) is 3.23. The Balaban J connectivity index is 1.96. The van der Waals surface area contributed by atoms with Crippen LogP contribution in [0.4, 0.5) is 5.69 Å². The lowest BCUT2D eigenvalue weighted by Gasteiger charge is -2.14. The molecule has 1 amide bonds. The first-order valence-corrected chi connectivity index (χ1v) is 10.8. The van der Waals surface area contributed by atoms with E-state index >= 15 is 0 Å². The summed E-state index contributed by atoms with van der Waals surface area (Å²) in [6, 6.07) is 10.3. The van der Waals surface area contributed by atoms with Gasteiger partial charge in [-0.2, -0.15) is 0 Å². The highest BCUT2D eigenvalue weighted by Crippen LogP contribution is 2.29. The lowest BCUT2D eigenvalue weighted by molar-refractivity contribution is -0.119. The first-order valence-electron chi connectivity index (χ1n) is 9.39. The minimum atomic E-state index is -3.56. The van der Waals surface area contributed by atoms with Crippen molar-refractivity contribution in [1.82, 2.24) is 4.31 Å². The number of rotatable bonds is 9. The maximum absolute atomic E-state index is 12.3. The van der Waals surface area contributed by atoms with Gasteiger partial charge in [-0.25, -0.2) is 17.5 Å². The Morgan fingerprint density at radius 2 is 1.68 bits per heavy atom. The second-order valence-corrected chi connectivity index (χ2v) is 9.12. The summed E-state index contributed by atoms with van der Waals surface area (Å²) in [4.78, 5) is 24.4. The SMILES string of the molecule is COc1cc(C(=O)OCC(=O)Nc2ccc(S(=O)(=O)N(C)C)cc2)ccc1OC(C)C. The molecule has 0 bridgehead atoms. The molecule has 0 spiro atoms. The average Bonchev–Trinajstić information content (AvgIpc) is 2.72. The summed E-state index contributed by atoms with van der Waals surface area (Å²) in [6.07, 6.45) is -0.0625. The van der Waals surface area contributed by atoms with Crippen LogP contribution in [-0.4, -0.2) is 58.5 Å². The van der Waals surface area contributed by atoms with Crippen molar-refractivity contribution in [3.63, 3.8) is 0 Å².